The Labute approximate surface area is 119 Å². The number of carbonyl (C=O) groups is 3. The van der Waals surface area contributed by atoms with Crippen molar-refractivity contribution in [3.05, 3.63) is 0 Å². The minimum absolute atomic E-state index is 0.0728. The average Bonchev–Trinajstić information content (AvgIpc) is 2.35. The Morgan fingerprint density at radius 1 is 1.10 bits per heavy atom. The number of hydrogen-bond donors (Lipinski definition) is 1. The van der Waals surface area contributed by atoms with E-state index in [1.807, 2.05) is 0 Å². The largest absolute Gasteiger partial charge is 0.481 e. The fraction of sp³-hybridized carbons (Fsp3) is 0.786. The van der Waals surface area contributed by atoms with Gasteiger partial charge in [-0.25, -0.2) is 0 Å². The molecule has 6 nitrogen and oxygen atoms in total. The van der Waals surface area contributed by atoms with Crippen LogP contribution in [0.15, 0.2) is 0 Å². The Hall–Kier alpha value is -1.59. The summed E-state index contributed by atoms with van der Waals surface area (Å²) in [5, 5.41) is 9.20. The summed E-state index contributed by atoms with van der Waals surface area (Å²) in [6.45, 7) is 6.34. The Morgan fingerprint density at radius 2 is 1.60 bits per heavy atom. The predicted octanol–water partition coefficient (Wildman–Crippen LogP) is 1.87. The topological polar surface area (TPSA) is 89.9 Å². The van der Waals surface area contributed by atoms with Gasteiger partial charge in [0.05, 0.1) is 31.0 Å². The highest BCUT2D eigenvalue weighted by Crippen LogP contribution is 2.40. The van der Waals surface area contributed by atoms with E-state index in [0.717, 1.165) is 0 Å². The molecule has 2 atom stereocenters. The summed E-state index contributed by atoms with van der Waals surface area (Å²) in [5.41, 5.74) is -2.16. The maximum atomic E-state index is 12.0. The van der Waals surface area contributed by atoms with Gasteiger partial charge in [-0.3, -0.25) is 14.4 Å². The van der Waals surface area contributed by atoms with Gasteiger partial charge >= 0.3 is 17.9 Å². The van der Waals surface area contributed by atoms with Crippen LogP contribution in [0, 0.1) is 16.7 Å². The van der Waals surface area contributed by atoms with Crippen molar-refractivity contribution in [2.24, 2.45) is 16.7 Å². The van der Waals surface area contributed by atoms with Crippen molar-refractivity contribution in [2.75, 3.05) is 14.2 Å². The molecule has 116 valence electrons. The lowest BCUT2D eigenvalue weighted by molar-refractivity contribution is -0.160. The Bertz CT molecular complexity index is 387. The van der Waals surface area contributed by atoms with E-state index >= 15 is 0 Å². The number of esters is 2. The molecule has 0 aromatic rings. The van der Waals surface area contributed by atoms with Gasteiger partial charge in [0, 0.05) is 0 Å². The van der Waals surface area contributed by atoms with E-state index in [9.17, 15) is 19.5 Å². The van der Waals surface area contributed by atoms with Gasteiger partial charge in [0.15, 0.2) is 0 Å². The summed E-state index contributed by atoms with van der Waals surface area (Å²) in [6, 6.07) is 0. The first-order valence-electron chi connectivity index (χ1n) is 6.40. The zero-order valence-corrected chi connectivity index (χ0v) is 13.0. The van der Waals surface area contributed by atoms with Crippen LogP contribution in [0.1, 0.15) is 40.5 Å². The third kappa shape index (κ3) is 4.51. The molecule has 0 aliphatic carbocycles. The van der Waals surface area contributed by atoms with Crippen molar-refractivity contribution < 1.29 is 29.0 Å². The van der Waals surface area contributed by atoms with Crippen LogP contribution < -0.4 is 0 Å². The molecule has 0 rings (SSSR count). The zero-order valence-electron chi connectivity index (χ0n) is 13.0. The van der Waals surface area contributed by atoms with Gasteiger partial charge in [-0.1, -0.05) is 6.92 Å². The van der Waals surface area contributed by atoms with Crippen LogP contribution in [-0.2, 0) is 23.9 Å². The molecule has 0 aliphatic heterocycles. The average molecular weight is 288 g/mol. The molecule has 0 fully saturated rings. The number of hydrogen-bond acceptors (Lipinski definition) is 5. The summed E-state index contributed by atoms with van der Waals surface area (Å²) in [4.78, 5) is 34.8. The fourth-order valence-corrected chi connectivity index (χ4v) is 2.49. The van der Waals surface area contributed by atoms with E-state index in [0.29, 0.717) is 0 Å². The normalized spacial score (nSPS) is 15.9. The number of methoxy groups -OCH3 is 2. The molecule has 6 heteroatoms. The Balaban J connectivity index is 5.27. The minimum Gasteiger partial charge on any atom is -0.481 e. The van der Waals surface area contributed by atoms with Crippen molar-refractivity contribution >= 4 is 17.9 Å². The molecule has 2 unspecified atom stereocenters. The van der Waals surface area contributed by atoms with E-state index in [1.165, 1.54) is 14.2 Å². The maximum Gasteiger partial charge on any atom is 0.311 e. The summed E-state index contributed by atoms with van der Waals surface area (Å²) < 4.78 is 9.41. The molecular formula is C14H24O6. The quantitative estimate of drug-likeness (QED) is 0.719. The van der Waals surface area contributed by atoms with Crippen LogP contribution >= 0.6 is 0 Å². The van der Waals surface area contributed by atoms with E-state index in [-0.39, 0.29) is 12.8 Å². The molecule has 0 saturated heterocycles. The number of carboxylic acid groups (broad SMARTS) is 1. The molecule has 0 aromatic carbocycles. The minimum atomic E-state index is -1.10. The Kier molecular flexibility index (Phi) is 6.19. The van der Waals surface area contributed by atoms with E-state index in [2.05, 4.69) is 4.74 Å². The smallest absolute Gasteiger partial charge is 0.311 e. The van der Waals surface area contributed by atoms with Crippen LogP contribution in [0.4, 0.5) is 0 Å². The maximum absolute atomic E-state index is 12.0. The van der Waals surface area contributed by atoms with E-state index < -0.39 is 34.7 Å². The lowest BCUT2D eigenvalue weighted by Gasteiger charge is -2.34. The van der Waals surface area contributed by atoms with Gasteiger partial charge in [-0.2, -0.15) is 0 Å². The van der Waals surface area contributed by atoms with Crippen molar-refractivity contribution in [1.82, 2.24) is 0 Å². The molecule has 0 aliphatic rings. The number of carbonyl (C=O) groups excluding carboxylic acids is 2. The Morgan fingerprint density at radius 3 is 1.95 bits per heavy atom. The van der Waals surface area contributed by atoms with Crippen molar-refractivity contribution in [1.29, 1.82) is 0 Å². The molecular weight excluding hydrogens is 264 g/mol. The molecule has 0 heterocycles. The van der Waals surface area contributed by atoms with E-state index in [4.69, 9.17) is 4.74 Å². The molecule has 0 spiro atoms. The molecule has 0 bridgehead atoms. The third-order valence-corrected chi connectivity index (χ3v) is 3.45. The first kappa shape index (κ1) is 18.4. The van der Waals surface area contributed by atoms with Crippen molar-refractivity contribution in [3.63, 3.8) is 0 Å². The second-order valence-corrected chi connectivity index (χ2v) is 6.05. The lowest BCUT2D eigenvalue weighted by Crippen LogP contribution is -2.39. The third-order valence-electron chi connectivity index (χ3n) is 3.45. The van der Waals surface area contributed by atoms with Crippen LogP contribution in [0.25, 0.3) is 0 Å². The SMILES string of the molecule is COC(=O)C(C)CC(C)(CC(C)(C)C(=O)O)C(=O)OC. The van der Waals surface area contributed by atoms with Crippen LogP contribution in [0.2, 0.25) is 0 Å². The lowest BCUT2D eigenvalue weighted by atomic mass is 9.70. The molecule has 0 amide bonds. The number of ether oxygens (including phenoxy) is 2. The van der Waals surface area contributed by atoms with Gasteiger partial charge < -0.3 is 14.6 Å². The molecule has 0 aromatic heterocycles. The zero-order chi connectivity index (χ0) is 16.1. The summed E-state index contributed by atoms with van der Waals surface area (Å²) in [6.07, 6.45) is 0.242. The highest BCUT2D eigenvalue weighted by molar-refractivity contribution is 5.80. The first-order valence-corrected chi connectivity index (χ1v) is 6.40. The molecule has 0 saturated carbocycles. The first-order chi connectivity index (χ1) is 9.00. The van der Waals surface area contributed by atoms with Crippen molar-refractivity contribution in [2.45, 2.75) is 40.5 Å². The standard InChI is InChI=1S/C14H24O6/c1-9(10(15)19-5)7-14(4,12(18)20-6)8-13(2,3)11(16)17/h9H,7-8H2,1-6H3,(H,16,17). The highest BCUT2D eigenvalue weighted by atomic mass is 16.5. The second-order valence-electron chi connectivity index (χ2n) is 6.05. The number of rotatable bonds is 7. The van der Waals surface area contributed by atoms with Gasteiger partial charge in [-0.15, -0.1) is 0 Å². The van der Waals surface area contributed by atoms with Gasteiger partial charge in [0.1, 0.15) is 0 Å². The van der Waals surface area contributed by atoms with Crippen LogP contribution in [0.3, 0.4) is 0 Å². The number of carboxylic acids is 1. The van der Waals surface area contributed by atoms with Gasteiger partial charge in [0.25, 0.3) is 0 Å². The van der Waals surface area contributed by atoms with Crippen LogP contribution in [0.5, 0.6) is 0 Å². The van der Waals surface area contributed by atoms with Crippen LogP contribution in [-0.4, -0.2) is 37.2 Å². The van der Waals surface area contributed by atoms with Gasteiger partial charge in [-0.05, 0) is 33.6 Å². The second kappa shape index (κ2) is 6.72. The van der Waals surface area contributed by atoms with Gasteiger partial charge in [0.2, 0.25) is 0 Å². The monoisotopic (exact) mass is 288 g/mol. The van der Waals surface area contributed by atoms with Crippen molar-refractivity contribution in [3.8, 4) is 0 Å². The molecule has 20 heavy (non-hydrogen) atoms. The summed E-state index contributed by atoms with van der Waals surface area (Å²) in [7, 11) is 2.52. The summed E-state index contributed by atoms with van der Waals surface area (Å²) >= 11 is 0. The molecule has 1 N–H and O–H groups in total. The predicted molar refractivity (Wildman–Crippen MR) is 72.0 cm³/mol. The van der Waals surface area contributed by atoms with E-state index in [1.54, 1.807) is 27.7 Å². The number of aliphatic carboxylic acids is 1. The summed E-state index contributed by atoms with van der Waals surface area (Å²) in [5.74, 6) is -2.48. The fourth-order valence-electron chi connectivity index (χ4n) is 2.49. The highest BCUT2D eigenvalue weighted by Gasteiger charge is 2.44. The molecule has 0 radical (unpaired) electrons.